The summed E-state index contributed by atoms with van der Waals surface area (Å²) in [7, 11) is 4.08. The highest BCUT2D eigenvalue weighted by Gasteiger charge is 2.35. The zero-order chi connectivity index (χ0) is 14.2. The van der Waals surface area contributed by atoms with E-state index in [4.69, 9.17) is 21.8 Å². The highest BCUT2D eigenvalue weighted by atomic mass is 35.5. The van der Waals surface area contributed by atoms with Gasteiger partial charge in [-0.2, -0.15) is 0 Å². The number of furan rings is 1. The molecule has 1 heterocycles. The normalized spacial score (nSPS) is 16.8. The Kier molecular flexibility index (Phi) is 3.90. The van der Waals surface area contributed by atoms with Gasteiger partial charge in [-0.25, -0.2) is 0 Å². The van der Waals surface area contributed by atoms with Crippen LogP contribution in [0.5, 0.6) is 0 Å². The molecule has 0 aliphatic rings. The average Bonchev–Trinajstić information content (AvgIpc) is 2.82. The Labute approximate surface area is 119 Å². The molecule has 1 aromatic heterocycles. The van der Waals surface area contributed by atoms with E-state index in [2.05, 4.69) is 18.7 Å². The van der Waals surface area contributed by atoms with Gasteiger partial charge in [0, 0.05) is 10.9 Å². The number of para-hydroxylation sites is 1. The minimum absolute atomic E-state index is 0.152. The standard InChI is InChI=1S/C15H21ClN2O/c1-5-15(2,18(3)4)14(17)12-9-10-7-6-8-11(16)13(10)19-12/h6-9,14H,5,17H2,1-4H3. The lowest BCUT2D eigenvalue weighted by atomic mass is 9.87. The van der Waals surface area contributed by atoms with Crippen molar-refractivity contribution in [2.75, 3.05) is 14.1 Å². The number of rotatable bonds is 4. The van der Waals surface area contributed by atoms with Crippen molar-refractivity contribution >= 4 is 22.6 Å². The van der Waals surface area contributed by atoms with Gasteiger partial charge in [0.25, 0.3) is 0 Å². The second-order valence-corrected chi connectivity index (χ2v) is 5.80. The van der Waals surface area contributed by atoms with Crippen LogP contribution < -0.4 is 5.73 Å². The van der Waals surface area contributed by atoms with Gasteiger partial charge in [-0.15, -0.1) is 0 Å². The number of hydrogen-bond acceptors (Lipinski definition) is 3. The zero-order valence-electron chi connectivity index (χ0n) is 11.9. The van der Waals surface area contributed by atoms with Gasteiger partial charge in [-0.3, -0.25) is 0 Å². The third kappa shape index (κ3) is 2.38. The summed E-state index contributed by atoms with van der Waals surface area (Å²) in [5, 5.41) is 1.62. The van der Waals surface area contributed by atoms with Crippen LogP contribution >= 0.6 is 11.6 Å². The van der Waals surface area contributed by atoms with Gasteiger partial charge < -0.3 is 15.1 Å². The van der Waals surface area contributed by atoms with E-state index < -0.39 is 0 Å². The monoisotopic (exact) mass is 280 g/mol. The Morgan fingerprint density at radius 2 is 2.11 bits per heavy atom. The molecule has 0 saturated carbocycles. The first kappa shape index (κ1) is 14.4. The largest absolute Gasteiger partial charge is 0.458 e. The molecule has 2 unspecified atom stereocenters. The van der Waals surface area contributed by atoms with E-state index in [0.717, 1.165) is 17.6 Å². The Bertz CT molecular complexity index is 579. The molecule has 2 atom stereocenters. The second-order valence-electron chi connectivity index (χ2n) is 5.39. The number of nitrogens with zero attached hydrogens (tertiary/aromatic N) is 1. The van der Waals surface area contributed by atoms with Crippen LogP contribution in [0.3, 0.4) is 0 Å². The van der Waals surface area contributed by atoms with Crippen molar-refractivity contribution in [3.05, 3.63) is 35.0 Å². The van der Waals surface area contributed by atoms with Crippen LogP contribution in [-0.2, 0) is 0 Å². The van der Waals surface area contributed by atoms with Gasteiger partial charge in [0.05, 0.1) is 11.1 Å². The number of nitrogens with two attached hydrogens (primary N) is 1. The van der Waals surface area contributed by atoms with Crippen molar-refractivity contribution in [3.8, 4) is 0 Å². The molecule has 2 N–H and O–H groups in total. The highest BCUT2D eigenvalue weighted by Crippen LogP contribution is 2.35. The molecular formula is C15H21ClN2O. The second kappa shape index (κ2) is 5.16. The van der Waals surface area contributed by atoms with Crippen molar-refractivity contribution in [1.82, 2.24) is 4.90 Å². The predicted molar refractivity (Wildman–Crippen MR) is 80.5 cm³/mol. The number of likely N-dealkylation sites (N-methyl/N-ethyl adjacent to an activating group) is 1. The van der Waals surface area contributed by atoms with Gasteiger partial charge in [-0.05, 0) is 39.6 Å². The molecule has 3 nitrogen and oxygen atoms in total. The molecule has 19 heavy (non-hydrogen) atoms. The van der Waals surface area contributed by atoms with E-state index in [9.17, 15) is 0 Å². The quantitative estimate of drug-likeness (QED) is 0.926. The van der Waals surface area contributed by atoms with Crippen LogP contribution in [0, 0.1) is 0 Å². The number of fused-ring (bicyclic) bond motifs is 1. The number of hydrogen-bond donors (Lipinski definition) is 1. The van der Waals surface area contributed by atoms with E-state index in [1.54, 1.807) is 0 Å². The van der Waals surface area contributed by atoms with Gasteiger partial charge in [0.15, 0.2) is 5.58 Å². The Morgan fingerprint density at radius 1 is 1.42 bits per heavy atom. The molecular weight excluding hydrogens is 260 g/mol. The lowest BCUT2D eigenvalue weighted by Crippen LogP contribution is -2.49. The molecule has 0 radical (unpaired) electrons. The maximum atomic E-state index is 6.42. The Balaban J connectivity index is 2.47. The summed E-state index contributed by atoms with van der Waals surface area (Å²) >= 11 is 6.14. The van der Waals surface area contributed by atoms with Gasteiger partial charge in [-0.1, -0.05) is 30.7 Å². The van der Waals surface area contributed by atoms with Gasteiger partial charge in [0.2, 0.25) is 0 Å². The van der Waals surface area contributed by atoms with Crippen LogP contribution in [0.1, 0.15) is 32.1 Å². The van der Waals surface area contributed by atoms with Gasteiger partial charge in [0.1, 0.15) is 5.76 Å². The minimum Gasteiger partial charge on any atom is -0.458 e. The molecule has 2 aromatic rings. The summed E-state index contributed by atoms with van der Waals surface area (Å²) in [6.45, 7) is 4.28. The first-order chi connectivity index (χ1) is 8.90. The summed E-state index contributed by atoms with van der Waals surface area (Å²) in [4.78, 5) is 2.15. The highest BCUT2D eigenvalue weighted by molar-refractivity contribution is 6.34. The van der Waals surface area contributed by atoms with Crippen molar-refractivity contribution in [2.24, 2.45) is 5.73 Å². The third-order valence-corrected chi connectivity index (χ3v) is 4.53. The van der Waals surface area contributed by atoms with Crippen LogP contribution in [0.4, 0.5) is 0 Å². The molecule has 2 rings (SSSR count). The fourth-order valence-electron chi connectivity index (χ4n) is 2.32. The van der Waals surface area contributed by atoms with E-state index in [1.807, 2.05) is 38.4 Å². The molecule has 0 saturated heterocycles. The molecule has 4 heteroatoms. The van der Waals surface area contributed by atoms with Crippen LogP contribution in [-0.4, -0.2) is 24.5 Å². The van der Waals surface area contributed by atoms with Crippen molar-refractivity contribution in [3.63, 3.8) is 0 Å². The third-order valence-electron chi connectivity index (χ3n) is 4.23. The molecule has 0 aliphatic carbocycles. The fraction of sp³-hybridized carbons (Fsp3) is 0.467. The minimum atomic E-state index is -0.198. The Morgan fingerprint density at radius 3 is 2.63 bits per heavy atom. The first-order valence-corrected chi connectivity index (χ1v) is 6.89. The summed E-state index contributed by atoms with van der Waals surface area (Å²) in [6, 6.07) is 7.52. The summed E-state index contributed by atoms with van der Waals surface area (Å²) in [5.41, 5.74) is 6.98. The molecule has 0 fully saturated rings. The van der Waals surface area contributed by atoms with Crippen LogP contribution in [0.2, 0.25) is 5.02 Å². The fourth-order valence-corrected chi connectivity index (χ4v) is 2.54. The smallest absolute Gasteiger partial charge is 0.152 e. The SMILES string of the molecule is CCC(C)(C(N)c1cc2cccc(Cl)c2o1)N(C)C. The topological polar surface area (TPSA) is 42.4 Å². The lowest BCUT2D eigenvalue weighted by molar-refractivity contribution is 0.122. The van der Waals surface area contributed by atoms with E-state index in [1.165, 1.54) is 0 Å². The van der Waals surface area contributed by atoms with Crippen LogP contribution in [0.15, 0.2) is 28.7 Å². The van der Waals surface area contributed by atoms with Crippen molar-refractivity contribution < 1.29 is 4.42 Å². The molecule has 0 aliphatic heterocycles. The maximum Gasteiger partial charge on any atom is 0.152 e. The predicted octanol–water partition coefficient (Wildman–Crippen LogP) is 3.82. The van der Waals surface area contributed by atoms with Crippen molar-refractivity contribution in [2.45, 2.75) is 31.8 Å². The first-order valence-electron chi connectivity index (χ1n) is 6.51. The van der Waals surface area contributed by atoms with E-state index >= 15 is 0 Å². The average molecular weight is 281 g/mol. The molecule has 0 spiro atoms. The molecule has 104 valence electrons. The summed E-state index contributed by atoms with van der Waals surface area (Å²) in [6.07, 6.45) is 0.936. The zero-order valence-corrected chi connectivity index (χ0v) is 12.7. The lowest BCUT2D eigenvalue weighted by Gasteiger charge is -2.39. The maximum absolute atomic E-state index is 6.42. The van der Waals surface area contributed by atoms with Crippen molar-refractivity contribution in [1.29, 1.82) is 0 Å². The Hall–Kier alpha value is -1.03. The van der Waals surface area contributed by atoms with Crippen LogP contribution in [0.25, 0.3) is 11.0 Å². The van der Waals surface area contributed by atoms with Gasteiger partial charge >= 0.3 is 0 Å². The summed E-state index contributed by atoms with van der Waals surface area (Å²) in [5.74, 6) is 0.779. The molecule has 0 bridgehead atoms. The summed E-state index contributed by atoms with van der Waals surface area (Å²) < 4.78 is 5.88. The van der Waals surface area contributed by atoms with E-state index in [-0.39, 0.29) is 11.6 Å². The molecule has 1 aromatic carbocycles. The molecule has 0 amide bonds. The number of benzene rings is 1. The van der Waals surface area contributed by atoms with E-state index in [0.29, 0.717) is 10.6 Å². The number of halogens is 1.